The molecule has 2 aromatic carbocycles. The SMILES string of the molecule is O=[N+]([O-])c1ccc(-c2noc(-c3ccn(COc4cccc(Cl)c4)n3)n2)cc1. The van der Waals surface area contributed by atoms with E-state index in [1.807, 2.05) is 0 Å². The highest BCUT2D eigenvalue weighted by Gasteiger charge is 2.14. The monoisotopic (exact) mass is 397 g/mol. The van der Waals surface area contributed by atoms with Gasteiger partial charge in [-0.15, -0.1) is 0 Å². The van der Waals surface area contributed by atoms with Gasteiger partial charge in [-0.2, -0.15) is 10.1 Å². The summed E-state index contributed by atoms with van der Waals surface area (Å²) in [4.78, 5) is 14.5. The Hall–Kier alpha value is -3.72. The predicted octanol–water partition coefficient (Wildman–Crippen LogP) is 4.20. The van der Waals surface area contributed by atoms with Gasteiger partial charge in [0.2, 0.25) is 5.82 Å². The minimum atomic E-state index is -0.469. The lowest BCUT2D eigenvalue weighted by atomic mass is 10.2. The van der Waals surface area contributed by atoms with Crippen molar-refractivity contribution in [1.29, 1.82) is 0 Å². The highest BCUT2D eigenvalue weighted by atomic mass is 35.5. The number of hydrogen-bond donors (Lipinski definition) is 0. The van der Waals surface area contributed by atoms with Crippen LogP contribution in [0.3, 0.4) is 0 Å². The van der Waals surface area contributed by atoms with Gasteiger partial charge in [0.25, 0.3) is 11.6 Å². The summed E-state index contributed by atoms with van der Waals surface area (Å²) >= 11 is 5.92. The van der Waals surface area contributed by atoms with Gasteiger partial charge in [-0.3, -0.25) is 10.1 Å². The number of non-ortho nitro benzene ring substituents is 1. The van der Waals surface area contributed by atoms with Crippen LogP contribution < -0.4 is 4.74 Å². The van der Waals surface area contributed by atoms with Gasteiger partial charge in [-0.05, 0) is 36.4 Å². The van der Waals surface area contributed by atoms with E-state index < -0.39 is 4.92 Å². The van der Waals surface area contributed by atoms with E-state index in [9.17, 15) is 10.1 Å². The van der Waals surface area contributed by atoms with Gasteiger partial charge in [0.15, 0.2) is 12.4 Å². The lowest BCUT2D eigenvalue weighted by molar-refractivity contribution is -0.384. The number of nitrogens with zero attached hydrogens (tertiary/aromatic N) is 5. The molecule has 0 bridgehead atoms. The summed E-state index contributed by atoms with van der Waals surface area (Å²) in [5, 5.41) is 19.5. The third-order valence-electron chi connectivity index (χ3n) is 3.78. The fourth-order valence-corrected chi connectivity index (χ4v) is 2.60. The van der Waals surface area contributed by atoms with Crippen molar-refractivity contribution in [2.24, 2.45) is 0 Å². The van der Waals surface area contributed by atoms with Crippen LogP contribution in [0.2, 0.25) is 5.02 Å². The van der Waals surface area contributed by atoms with Gasteiger partial charge in [0.05, 0.1) is 4.92 Å². The van der Waals surface area contributed by atoms with Gasteiger partial charge in [0, 0.05) is 28.9 Å². The van der Waals surface area contributed by atoms with Crippen molar-refractivity contribution >= 4 is 17.3 Å². The number of nitro benzene ring substituents is 1. The Labute approximate surface area is 163 Å². The maximum absolute atomic E-state index is 10.7. The summed E-state index contributed by atoms with van der Waals surface area (Å²) < 4.78 is 12.4. The molecule has 0 fully saturated rings. The summed E-state index contributed by atoms with van der Waals surface area (Å²) in [7, 11) is 0. The molecule has 4 aromatic rings. The lowest BCUT2D eigenvalue weighted by Gasteiger charge is -2.05. The molecule has 2 heterocycles. The van der Waals surface area contributed by atoms with Crippen LogP contribution in [0.25, 0.3) is 23.0 Å². The number of halogens is 1. The second-order valence-electron chi connectivity index (χ2n) is 5.70. The molecule has 0 atom stereocenters. The van der Waals surface area contributed by atoms with E-state index in [2.05, 4.69) is 15.2 Å². The van der Waals surface area contributed by atoms with Crippen LogP contribution in [0.15, 0.2) is 65.3 Å². The van der Waals surface area contributed by atoms with Crippen LogP contribution in [-0.2, 0) is 6.73 Å². The van der Waals surface area contributed by atoms with Gasteiger partial charge in [-0.25, -0.2) is 4.68 Å². The second kappa shape index (κ2) is 7.49. The zero-order valence-electron chi connectivity index (χ0n) is 14.2. The van der Waals surface area contributed by atoms with Gasteiger partial charge in [0.1, 0.15) is 5.75 Å². The molecule has 0 saturated heterocycles. The van der Waals surface area contributed by atoms with Gasteiger partial charge >= 0.3 is 0 Å². The molecule has 0 spiro atoms. The molecule has 9 nitrogen and oxygen atoms in total. The number of aromatic nitrogens is 4. The molecule has 0 saturated carbocycles. The topological polar surface area (TPSA) is 109 Å². The van der Waals surface area contributed by atoms with E-state index in [1.54, 1.807) is 53.3 Å². The second-order valence-corrected chi connectivity index (χ2v) is 6.13. The molecule has 2 aromatic heterocycles. The van der Waals surface area contributed by atoms with E-state index in [0.29, 0.717) is 27.9 Å². The molecule has 0 amide bonds. The van der Waals surface area contributed by atoms with Crippen LogP contribution in [-0.4, -0.2) is 24.8 Å². The van der Waals surface area contributed by atoms with E-state index in [1.165, 1.54) is 12.1 Å². The number of rotatable bonds is 6. The van der Waals surface area contributed by atoms with Crippen molar-refractivity contribution < 1.29 is 14.2 Å². The van der Waals surface area contributed by atoms with Crippen LogP contribution >= 0.6 is 11.6 Å². The highest BCUT2D eigenvalue weighted by Crippen LogP contribution is 2.23. The van der Waals surface area contributed by atoms with E-state index in [-0.39, 0.29) is 18.3 Å². The summed E-state index contributed by atoms with van der Waals surface area (Å²) in [5.74, 6) is 1.17. The Morgan fingerprint density at radius 3 is 2.75 bits per heavy atom. The van der Waals surface area contributed by atoms with Crippen molar-refractivity contribution in [3.8, 4) is 28.7 Å². The Morgan fingerprint density at radius 1 is 1.18 bits per heavy atom. The average molecular weight is 398 g/mol. The largest absolute Gasteiger partial charge is 0.471 e. The molecule has 0 aliphatic carbocycles. The number of ether oxygens (including phenoxy) is 1. The van der Waals surface area contributed by atoms with E-state index in [0.717, 1.165) is 0 Å². The first kappa shape index (κ1) is 17.7. The molecule has 0 N–H and O–H groups in total. The zero-order valence-corrected chi connectivity index (χ0v) is 15.0. The smallest absolute Gasteiger partial charge is 0.278 e. The molecule has 10 heteroatoms. The molecule has 0 radical (unpaired) electrons. The summed E-state index contributed by atoms with van der Waals surface area (Å²) in [6.07, 6.45) is 1.72. The van der Waals surface area contributed by atoms with E-state index >= 15 is 0 Å². The summed E-state index contributed by atoms with van der Waals surface area (Å²) in [5.41, 5.74) is 1.07. The van der Waals surface area contributed by atoms with E-state index in [4.69, 9.17) is 20.9 Å². The van der Waals surface area contributed by atoms with Crippen LogP contribution in [0.1, 0.15) is 0 Å². The van der Waals surface area contributed by atoms with Gasteiger partial charge < -0.3 is 9.26 Å². The van der Waals surface area contributed by atoms with Crippen molar-refractivity contribution in [3.05, 3.63) is 75.9 Å². The zero-order chi connectivity index (χ0) is 19.5. The number of hydrogen-bond acceptors (Lipinski definition) is 7. The van der Waals surface area contributed by atoms with Crippen molar-refractivity contribution in [1.82, 2.24) is 19.9 Å². The third-order valence-corrected chi connectivity index (χ3v) is 4.02. The number of benzene rings is 2. The Balaban J connectivity index is 1.46. The molecule has 0 unspecified atom stereocenters. The minimum absolute atomic E-state index is 0.00841. The molecule has 4 rings (SSSR count). The quantitative estimate of drug-likeness (QED) is 0.354. The molecule has 0 aliphatic heterocycles. The van der Waals surface area contributed by atoms with Crippen molar-refractivity contribution in [3.63, 3.8) is 0 Å². The van der Waals surface area contributed by atoms with Crippen molar-refractivity contribution in [2.75, 3.05) is 0 Å². The first-order valence-electron chi connectivity index (χ1n) is 8.09. The normalized spacial score (nSPS) is 10.8. The first-order valence-corrected chi connectivity index (χ1v) is 8.47. The Kier molecular flexibility index (Phi) is 4.73. The first-order chi connectivity index (χ1) is 13.6. The van der Waals surface area contributed by atoms with Crippen molar-refractivity contribution in [2.45, 2.75) is 6.73 Å². The average Bonchev–Trinajstić information content (AvgIpc) is 3.36. The fourth-order valence-electron chi connectivity index (χ4n) is 2.42. The fraction of sp³-hybridized carbons (Fsp3) is 0.0556. The molecular formula is C18H12ClN5O4. The maximum Gasteiger partial charge on any atom is 0.278 e. The summed E-state index contributed by atoms with van der Waals surface area (Å²) in [6, 6.07) is 14.7. The third kappa shape index (κ3) is 3.84. The molecule has 0 aliphatic rings. The molecule has 140 valence electrons. The minimum Gasteiger partial charge on any atom is -0.471 e. The predicted molar refractivity (Wildman–Crippen MR) is 99.7 cm³/mol. The molecule has 28 heavy (non-hydrogen) atoms. The summed E-state index contributed by atoms with van der Waals surface area (Å²) in [6.45, 7) is 0.184. The van der Waals surface area contributed by atoms with Crippen LogP contribution in [0.5, 0.6) is 5.75 Å². The lowest BCUT2D eigenvalue weighted by Crippen LogP contribution is -2.05. The Morgan fingerprint density at radius 2 is 2.00 bits per heavy atom. The van der Waals surface area contributed by atoms with Crippen LogP contribution in [0, 0.1) is 10.1 Å². The highest BCUT2D eigenvalue weighted by molar-refractivity contribution is 6.30. The maximum atomic E-state index is 10.7. The Bertz CT molecular complexity index is 1120. The standard InChI is InChI=1S/C18H12ClN5O4/c19-13-2-1-3-15(10-13)27-11-23-9-8-16(21-23)18-20-17(22-28-18)12-4-6-14(7-5-12)24(25)26/h1-10H,11H2. The molecular weight excluding hydrogens is 386 g/mol. The van der Waals surface area contributed by atoms with Crippen LogP contribution in [0.4, 0.5) is 5.69 Å². The number of nitro groups is 1. The van der Waals surface area contributed by atoms with Gasteiger partial charge in [-0.1, -0.05) is 22.8 Å².